The zero-order valence-electron chi connectivity index (χ0n) is 8.66. The number of hydrogen-bond donors (Lipinski definition) is 0. The smallest absolute Gasteiger partial charge is 0.320 e. The predicted octanol–water partition coefficient (Wildman–Crippen LogP) is 1.14. The lowest BCUT2D eigenvalue weighted by Crippen LogP contribution is -2.33. The van der Waals surface area contributed by atoms with Crippen LogP contribution in [0, 0.1) is 11.8 Å². The summed E-state index contributed by atoms with van der Waals surface area (Å²) in [6.45, 7) is 3.36. The van der Waals surface area contributed by atoms with E-state index in [1.807, 2.05) is 0 Å². The van der Waals surface area contributed by atoms with E-state index in [0.29, 0.717) is 0 Å². The summed E-state index contributed by atoms with van der Waals surface area (Å²) in [5, 5.41) is 0. The van der Waals surface area contributed by atoms with Crippen LogP contribution in [0.25, 0.3) is 0 Å². The van der Waals surface area contributed by atoms with Crippen LogP contribution in [0.3, 0.4) is 0 Å². The van der Waals surface area contributed by atoms with E-state index in [4.69, 9.17) is 11.6 Å². The lowest BCUT2D eigenvalue weighted by atomic mass is 9.94. The van der Waals surface area contributed by atoms with E-state index in [9.17, 15) is 9.59 Å². The highest BCUT2D eigenvalue weighted by atomic mass is 35.5. The van der Waals surface area contributed by atoms with Crippen molar-refractivity contribution in [2.24, 2.45) is 11.8 Å². The van der Waals surface area contributed by atoms with E-state index in [1.165, 1.54) is 20.3 Å². The van der Waals surface area contributed by atoms with Crippen molar-refractivity contribution in [2.75, 3.05) is 20.1 Å². The summed E-state index contributed by atoms with van der Waals surface area (Å²) in [4.78, 5) is 22.7. The Morgan fingerprint density at radius 3 is 2.13 bits per heavy atom. The first kappa shape index (κ1) is 13.8. The predicted molar refractivity (Wildman–Crippen MR) is 55.4 cm³/mol. The molecule has 0 rings (SSSR count). The van der Waals surface area contributed by atoms with Gasteiger partial charge in [-0.25, -0.2) is 0 Å². The van der Waals surface area contributed by atoms with Crippen LogP contribution in [0.15, 0.2) is 18.4 Å². The molecular formula is C10H13ClO4. The normalized spacial score (nSPS) is 11.5. The van der Waals surface area contributed by atoms with Crippen molar-refractivity contribution in [3.63, 3.8) is 0 Å². The minimum absolute atomic E-state index is 0.0807. The number of hydrogen-bond acceptors (Lipinski definition) is 4. The summed E-state index contributed by atoms with van der Waals surface area (Å²) in [7, 11) is 2.39. The van der Waals surface area contributed by atoms with Gasteiger partial charge in [0.2, 0.25) is 0 Å². The quantitative estimate of drug-likeness (QED) is 0.309. The molecule has 5 heteroatoms. The van der Waals surface area contributed by atoms with Gasteiger partial charge in [-0.3, -0.25) is 9.59 Å². The van der Waals surface area contributed by atoms with Crippen LogP contribution in [0.5, 0.6) is 0 Å². The number of allylic oxidation sites excluding steroid dienone is 1. The molecular weight excluding hydrogens is 220 g/mol. The fourth-order valence-corrected chi connectivity index (χ4v) is 1.35. The number of esters is 2. The van der Waals surface area contributed by atoms with Crippen molar-refractivity contribution in [2.45, 2.75) is 0 Å². The van der Waals surface area contributed by atoms with Crippen molar-refractivity contribution in [3.05, 3.63) is 18.4 Å². The lowest BCUT2D eigenvalue weighted by Gasteiger charge is -2.17. The average molecular weight is 233 g/mol. The van der Waals surface area contributed by atoms with E-state index in [2.05, 4.69) is 21.8 Å². The molecule has 84 valence electrons. The van der Waals surface area contributed by atoms with Crippen molar-refractivity contribution < 1.29 is 19.1 Å². The van der Waals surface area contributed by atoms with Gasteiger partial charge < -0.3 is 9.47 Å². The van der Waals surface area contributed by atoms with E-state index in [1.54, 1.807) is 0 Å². The van der Waals surface area contributed by atoms with E-state index in [0.717, 1.165) is 0 Å². The molecule has 0 N–H and O–H groups in total. The molecule has 0 aromatic heterocycles. The number of rotatable bonds is 5. The molecule has 0 saturated carbocycles. The molecule has 0 aliphatic heterocycles. The average Bonchev–Trinajstić information content (AvgIpc) is 2.27. The molecule has 1 atom stereocenters. The van der Waals surface area contributed by atoms with Crippen LogP contribution in [-0.2, 0) is 19.1 Å². The Morgan fingerprint density at radius 1 is 1.40 bits per heavy atom. The van der Waals surface area contributed by atoms with E-state index >= 15 is 0 Å². The molecule has 0 aromatic rings. The molecule has 0 aromatic carbocycles. The Labute approximate surface area is 93.5 Å². The molecule has 4 nitrogen and oxygen atoms in total. The molecule has 0 saturated heterocycles. The van der Waals surface area contributed by atoms with Gasteiger partial charge in [0.25, 0.3) is 0 Å². The largest absolute Gasteiger partial charge is 0.468 e. The fraction of sp³-hybridized carbons (Fsp3) is 0.500. The van der Waals surface area contributed by atoms with Gasteiger partial charge in [0.05, 0.1) is 14.2 Å². The van der Waals surface area contributed by atoms with Crippen LogP contribution in [0.2, 0.25) is 0 Å². The maximum absolute atomic E-state index is 11.3. The standard InChI is InChI=1S/C10H13ClO4/c1-4-5-7(6-11)8(9(12)14-2)10(13)15-3/h5,7-8H,1,6H2,2-3H3/t7-/m1/s1. The van der Waals surface area contributed by atoms with Crippen molar-refractivity contribution in [3.8, 4) is 0 Å². The number of carbonyl (C=O) groups is 2. The molecule has 0 fully saturated rings. The van der Waals surface area contributed by atoms with E-state index < -0.39 is 23.8 Å². The minimum Gasteiger partial charge on any atom is -0.468 e. The fourth-order valence-electron chi connectivity index (χ4n) is 1.08. The van der Waals surface area contributed by atoms with Crippen LogP contribution < -0.4 is 0 Å². The number of methoxy groups -OCH3 is 2. The van der Waals surface area contributed by atoms with Gasteiger partial charge in [-0.2, -0.15) is 0 Å². The Kier molecular flexibility index (Phi) is 6.50. The zero-order valence-corrected chi connectivity index (χ0v) is 9.41. The second-order valence-corrected chi connectivity index (χ2v) is 3.02. The topological polar surface area (TPSA) is 52.6 Å². The van der Waals surface area contributed by atoms with Gasteiger partial charge in [0.15, 0.2) is 5.92 Å². The van der Waals surface area contributed by atoms with E-state index in [-0.39, 0.29) is 5.88 Å². The summed E-state index contributed by atoms with van der Waals surface area (Å²) in [5.74, 6) is -2.87. The summed E-state index contributed by atoms with van der Waals surface area (Å²) >= 11 is 5.63. The molecule has 15 heavy (non-hydrogen) atoms. The molecule has 0 bridgehead atoms. The lowest BCUT2D eigenvalue weighted by molar-refractivity contribution is -0.160. The van der Waals surface area contributed by atoms with Crippen molar-refractivity contribution in [1.29, 1.82) is 0 Å². The van der Waals surface area contributed by atoms with Crippen LogP contribution in [0.1, 0.15) is 0 Å². The van der Waals surface area contributed by atoms with Crippen LogP contribution in [0.4, 0.5) is 0 Å². The number of carbonyl (C=O) groups excluding carboxylic acids is 2. The molecule has 0 spiro atoms. The maximum Gasteiger partial charge on any atom is 0.320 e. The highest BCUT2D eigenvalue weighted by molar-refractivity contribution is 6.18. The third kappa shape index (κ3) is 3.78. The Hall–Kier alpha value is -1.25. The minimum atomic E-state index is -1.06. The third-order valence-corrected chi connectivity index (χ3v) is 2.20. The van der Waals surface area contributed by atoms with Gasteiger partial charge >= 0.3 is 11.9 Å². The van der Waals surface area contributed by atoms with Gasteiger partial charge in [-0.15, -0.1) is 17.3 Å². The number of alkyl halides is 1. The van der Waals surface area contributed by atoms with Crippen LogP contribution in [-0.4, -0.2) is 32.0 Å². The molecule has 0 aliphatic carbocycles. The number of ether oxygens (including phenoxy) is 2. The Morgan fingerprint density at radius 2 is 1.87 bits per heavy atom. The molecule has 0 unspecified atom stereocenters. The van der Waals surface area contributed by atoms with Crippen molar-refractivity contribution in [1.82, 2.24) is 0 Å². The third-order valence-electron chi connectivity index (χ3n) is 1.85. The van der Waals surface area contributed by atoms with Gasteiger partial charge in [-0.1, -0.05) is 6.58 Å². The van der Waals surface area contributed by atoms with Crippen molar-refractivity contribution >= 4 is 23.5 Å². The Balaban J connectivity index is 4.97. The molecule has 0 radical (unpaired) electrons. The summed E-state index contributed by atoms with van der Waals surface area (Å²) < 4.78 is 9.00. The van der Waals surface area contributed by atoms with Gasteiger partial charge in [-0.05, 0) is 6.08 Å². The second kappa shape index (κ2) is 7.10. The monoisotopic (exact) mass is 232 g/mol. The molecule has 0 aliphatic rings. The Bertz CT molecular complexity index is 265. The number of halogens is 1. The zero-order chi connectivity index (χ0) is 11.8. The van der Waals surface area contributed by atoms with Crippen LogP contribution >= 0.6 is 11.6 Å². The first-order valence-corrected chi connectivity index (χ1v) is 4.73. The summed E-state index contributed by atoms with van der Waals surface area (Å²) in [6, 6.07) is 0. The summed E-state index contributed by atoms with van der Waals surface area (Å²) in [5.41, 5.74) is 2.48. The van der Waals surface area contributed by atoms with Gasteiger partial charge in [0.1, 0.15) is 0 Å². The molecule has 0 heterocycles. The second-order valence-electron chi connectivity index (χ2n) is 2.71. The first-order chi connectivity index (χ1) is 7.12. The highest BCUT2D eigenvalue weighted by Gasteiger charge is 2.35. The molecule has 0 amide bonds. The SMILES string of the molecule is C=C=C[C@H](CCl)C(C(=O)OC)C(=O)OC. The highest BCUT2D eigenvalue weighted by Crippen LogP contribution is 2.18. The maximum atomic E-state index is 11.3. The first-order valence-electron chi connectivity index (χ1n) is 4.19. The summed E-state index contributed by atoms with van der Waals surface area (Å²) in [6.07, 6.45) is 1.45. The van der Waals surface area contributed by atoms with Gasteiger partial charge in [0, 0.05) is 11.8 Å².